The Hall–Kier alpha value is -3.78. The van der Waals surface area contributed by atoms with E-state index in [1.807, 2.05) is 17.2 Å². The van der Waals surface area contributed by atoms with Crippen molar-refractivity contribution in [2.45, 2.75) is 57.6 Å². The summed E-state index contributed by atoms with van der Waals surface area (Å²) in [5.41, 5.74) is 1.05. The number of nitriles is 1. The van der Waals surface area contributed by atoms with E-state index in [4.69, 9.17) is 10.00 Å². The summed E-state index contributed by atoms with van der Waals surface area (Å²) in [6.07, 6.45) is 6.42. The molecule has 3 aromatic heterocycles. The first-order valence-corrected chi connectivity index (χ1v) is 12.7. The first kappa shape index (κ1) is 24.9. The number of aromatic amines is 1. The number of ether oxygens (including phenoxy) is 1. The summed E-state index contributed by atoms with van der Waals surface area (Å²) < 4.78 is 5.80. The number of aliphatic hydroxyl groups is 1. The molecule has 1 amide bonds. The molecule has 3 atom stereocenters. The molecule has 0 spiro atoms. The molecule has 0 bridgehead atoms. The Morgan fingerprint density at radius 1 is 1.35 bits per heavy atom. The lowest BCUT2D eigenvalue weighted by Gasteiger charge is -2.32. The first-order chi connectivity index (χ1) is 17.7. The van der Waals surface area contributed by atoms with E-state index < -0.39 is 17.6 Å². The van der Waals surface area contributed by atoms with Crippen molar-refractivity contribution in [3.05, 3.63) is 35.9 Å². The van der Waals surface area contributed by atoms with E-state index >= 15 is 0 Å². The predicted octanol–water partition coefficient (Wildman–Crippen LogP) is 2.56. The number of anilines is 1. The molecular formula is C26H32N8O3. The highest BCUT2D eigenvalue weighted by Crippen LogP contribution is 2.38. The average molecular weight is 505 g/mol. The number of piperidine rings is 1. The molecule has 2 aliphatic rings. The van der Waals surface area contributed by atoms with Gasteiger partial charge < -0.3 is 25.0 Å². The fourth-order valence-corrected chi connectivity index (χ4v) is 4.57. The van der Waals surface area contributed by atoms with Gasteiger partial charge in [0.05, 0.1) is 30.2 Å². The number of carbonyl (C=O) groups is 1. The predicted molar refractivity (Wildman–Crippen MR) is 136 cm³/mol. The molecule has 0 unspecified atom stereocenters. The van der Waals surface area contributed by atoms with Gasteiger partial charge in [0.25, 0.3) is 5.91 Å². The van der Waals surface area contributed by atoms with Crippen LogP contribution in [0, 0.1) is 23.2 Å². The van der Waals surface area contributed by atoms with Gasteiger partial charge in [-0.15, -0.1) is 0 Å². The van der Waals surface area contributed by atoms with Gasteiger partial charge in [0.2, 0.25) is 11.8 Å². The van der Waals surface area contributed by atoms with Crippen LogP contribution in [0.4, 0.5) is 5.95 Å². The van der Waals surface area contributed by atoms with Crippen LogP contribution in [0.5, 0.6) is 6.01 Å². The molecule has 194 valence electrons. The van der Waals surface area contributed by atoms with Crippen molar-refractivity contribution in [2.75, 3.05) is 24.6 Å². The smallest absolute Gasteiger partial charge is 0.321 e. The normalized spacial score (nSPS) is 20.9. The maximum atomic E-state index is 13.0. The number of pyridine rings is 1. The summed E-state index contributed by atoms with van der Waals surface area (Å²) in [5.74, 6) is 0.339. The molecule has 0 radical (unpaired) electrons. The van der Waals surface area contributed by atoms with Crippen LogP contribution >= 0.6 is 0 Å². The number of rotatable bonds is 8. The van der Waals surface area contributed by atoms with Crippen LogP contribution in [0.3, 0.4) is 0 Å². The minimum atomic E-state index is -1.11. The third kappa shape index (κ3) is 5.49. The van der Waals surface area contributed by atoms with E-state index in [1.54, 1.807) is 27.0 Å². The second-order valence-corrected chi connectivity index (χ2v) is 10.5. The van der Waals surface area contributed by atoms with Gasteiger partial charge in [-0.05, 0) is 63.6 Å². The molecule has 11 nitrogen and oxygen atoms in total. The number of nitrogens with zero attached hydrogens (tertiary/aromatic N) is 6. The monoisotopic (exact) mass is 504 g/mol. The second-order valence-electron chi connectivity index (χ2n) is 10.5. The molecule has 2 fully saturated rings. The Morgan fingerprint density at radius 3 is 2.84 bits per heavy atom. The molecule has 1 saturated carbocycles. The molecule has 11 heteroatoms. The highest BCUT2D eigenvalue weighted by atomic mass is 16.5. The van der Waals surface area contributed by atoms with E-state index in [9.17, 15) is 9.90 Å². The lowest BCUT2D eigenvalue weighted by atomic mass is 9.89. The Morgan fingerprint density at radius 2 is 2.14 bits per heavy atom. The molecule has 3 N–H and O–H groups in total. The summed E-state index contributed by atoms with van der Waals surface area (Å²) in [7, 11) is 0. The molecule has 1 saturated heterocycles. The number of nitrogens with one attached hydrogen (secondary N) is 2. The molecule has 3 aromatic rings. The van der Waals surface area contributed by atoms with Crippen LogP contribution < -0.4 is 15.0 Å². The number of H-pyrrole nitrogens is 1. The first-order valence-electron chi connectivity index (χ1n) is 12.7. The van der Waals surface area contributed by atoms with Gasteiger partial charge in [0.1, 0.15) is 5.65 Å². The van der Waals surface area contributed by atoms with Crippen LogP contribution in [-0.4, -0.2) is 67.3 Å². The van der Waals surface area contributed by atoms with Crippen molar-refractivity contribution in [3.8, 4) is 12.1 Å². The van der Waals surface area contributed by atoms with E-state index in [-0.39, 0.29) is 23.7 Å². The zero-order chi connectivity index (χ0) is 26.2. The largest absolute Gasteiger partial charge is 0.463 e. The van der Waals surface area contributed by atoms with Gasteiger partial charge >= 0.3 is 6.01 Å². The van der Waals surface area contributed by atoms with E-state index in [0.29, 0.717) is 31.6 Å². The standard InChI is InChI=1S/C26H32N8O3/c1-15(26(2,3)36)30-23(35)22-31-24(33-25(32-22)37-14-18-11-17(18)12-27)34-9-6-16(7-10-34)20-13-29-21-19(20)5-4-8-28-21/h4-5,8,13,15-18,36H,6-7,9-11,14H2,1-3H3,(H,28,29)(H,30,35)/t15-,17+,18-/m1/s1. The zero-order valence-electron chi connectivity index (χ0n) is 21.3. The SMILES string of the molecule is C[C@@H](NC(=O)c1nc(OC[C@H]2C[C@H]2C#N)nc(N2CCC(c3c[nH]c4ncccc34)CC2)n1)C(C)(C)O. The minimum Gasteiger partial charge on any atom is -0.463 e. The number of hydrogen-bond donors (Lipinski definition) is 3. The van der Waals surface area contributed by atoms with Crippen molar-refractivity contribution in [3.63, 3.8) is 0 Å². The van der Waals surface area contributed by atoms with Crippen molar-refractivity contribution >= 4 is 22.9 Å². The molecule has 1 aliphatic heterocycles. The lowest BCUT2D eigenvalue weighted by Crippen LogP contribution is -2.47. The maximum absolute atomic E-state index is 13.0. The molecule has 37 heavy (non-hydrogen) atoms. The van der Waals surface area contributed by atoms with Gasteiger partial charge in [-0.3, -0.25) is 4.79 Å². The van der Waals surface area contributed by atoms with E-state index in [0.717, 1.165) is 30.3 Å². The van der Waals surface area contributed by atoms with E-state index in [1.165, 1.54) is 5.56 Å². The zero-order valence-corrected chi connectivity index (χ0v) is 21.3. The second kappa shape index (κ2) is 9.94. The molecule has 1 aliphatic carbocycles. The van der Waals surface area contributed by atoms with Gasteiger partial charge in [0, 0.05) is 36.8 Å². The Bertz CT molecular complexity index is 1320. The van der Waals surface area contributed by atoms with Gasteiger partial charge in [-0.25, -0.2) is 4.98 Å². The number of amides is 1. The van der Waals surface area contributed by atoms with Crippen LogP contribution in [0.2, 0.25) is 0 Å². The maximum Gasteiger partial charge on any atom is 0.321 e. The number of fused-ring (bicyclic) bond motifs is 1. The van der Waals surface area contributed by atoms with Crippen molar-refractivity contribution in [1.29, 1.82) is 5.26 Å². The lowest BCUT2D eigenvalue weighted by molar-refractivity contribution is 0.0405. The Kier molecular flexibility index (Phi) is 6.69. The van der Waals surface area contributed by atoms with Gasteiger partial charge in [-0.2, -0.15) is 20.2 Å². The minimum absolute atomic E-state index is 0.00421. The summed E-state index contributed by atoms with van der Waals surface area (Å²) in [4.78, 5) is 35.9. The Balaban J connectivity index is 1.33. The van der Waals surface area contributed by atoms with Crippen molar-refractivity contribution in [1.82, 2.24) is 30.2 Å². The number of carbonyl (C=O) groups excluding carboxylic acids is 1. The molecule has 4 heterocycles. The van der Waals surface area contributed by atoms with Crippen LogP contribution in [-0.2, 0) is 0 Å². The highest BCUT2D eigenvalue weighted by Gasteiger charge is 2.38. The number of aromatic nitrogens is 5. The fraction of sp³-hybridized carbons (Fsp3) is 0.538. The van der Waals surface area contributed by atoms with Gasteiger partial charge in [-0.1, -0.05) is 0 Å². The number of hydrogen-bond acceptors (Lipinski definition) is 9. The summed E-state index contributed by atoms with van der Waals surface area (Å²) in [6, 6.07) is 5.84. The molecule has 5 rings (SSSR count). The molecule has 0 aromatic carbocycles. The third-order valence-corrected chi connectivity index (χ3v) is 7.43. The topological polar surface area (TPSA) is 153 Å². The Labute approximate surface area is 215 Å². The van der Waals surface area contributed by atoms with Crippen molar-refractivity contribution in [2.24, 2.45) is 11.8 Å². The third-order valence-electron chi connectivity index (χ3n) is 7.43. The quantitative estimate of drug-likeness (QED) is 0.420. The van der Waals surface area contributed by atoms with Crippen molar-refractivity contribution < 1.29 is 14.6 Å². The summed E-state index contributed by atoms with van der Waals surface area (Å²) in [6.45, 7) is 6.71. The average Bonchev–Trinajstić information content (AvgIpc) is 3.53. The highest BCUT2D eigenvalue weighted by molar-refractivity contribution is 5.91. The summed E-state index contributed by atoms with van der Waals surface area (Å²) >= 11 is 0. The van der Waals surface area contributed by atoms with E-state index in [2.05, 4.69) is 42.4 Å². The fourth-order valence-electron chi connectivity index (χ4n) is 4.57. The van der Waals surface area contributed by atoms with Crippen LogP contribution in [0.25, 0.3) is 11.0 Å². The van der Waals surface area contributed by atoms with Gasteiger partial charge in [0.15, 0.2) is 0 Å². The summed E-state index contributed by atoms with van der Waals surface area (Å²) in [5, 5.41) is 23.2. The molecular weight excluding hydrogens is 472 g/mol. The van der Waals surface area contributed by atoms with Crippen LogP contribution in [0.1, 0.15) is 62.1 Å². The van der Waals surface area contributed by atoms with Crippen LogP contribution in [0.15, 0.2) is 24.5 Å².